The molecule has 2 atom stereocenters. The Bertz CT molecular complexity index is 2610. The van der Waals surface area contributed by atoms with Gasteiger partial charge in [-0.05, 0) is 30.2 Å². The highest BCUT2D eigenvalue weighted by molar-refractivity contribution is 8.00. The number of thiazole rings is 1. The van der Waals surface area contributed by atoms with E-state index in [9.17, 15) is 37.5 Å². The van der Waals surface area contributed by atoms with Crippen LogP contribution in [0.3, 0.4) is 0 Å². The molecule has 2 saturated heterocycles. The number of thioether (sulfide) groups is 1. The highest BCUT2D eigenvalue weighted by Gasteiger charge is 2.54. The van der Waals surface area contributed by atoms with E-state index in [0.717, 1.165) is 32.9 Å². The van der Waals surface area contributed by atoms with Crippen molar-refractivity contribution < 1.29 is 52.2 Å². The van der Waals surface area contributed by atoms with Gasteiger partial charge >= 0.3 is 18.1 Å². The number of carbonyl (C=O) groups excluding carboxylic acids is 3. The van der Waals surface area contributed by atoms with Crippen LogP contribution in [-0.4, -0.2) is 90.3 Å². The number of amides is 3. The molecule has 3 amide bonds. The summed E-state index contributed by atoms with van der Waals surface area (Å²) in [5.74, 6) is -5.68. The number of aromatic nitrogens is 2. The van der Waals surface area contributed by atoms with E-state index in [1.807, 2.05) is 91.0 Å². The van der Waals surface area contributed by atoms with Crippen molar-refractivity contribution in [2.24, 2.45) is 5.16 Å². The SMILES string of the molecule is Nc1nc(/C(=N/OC(c2ccccc2)(c2ccccc2)c2ccccc2)C(=O)N[C@@H]2C(=O)N3C(C(=O)O)=C(/C=C4\CCN(c5cccnc5Cl)C4=O)CS[C@H]23)cs1.O=C(O)C(F)(F)F. The molecule has 15 nitrogen and oxygen atoms in total. The number of nitrogens with zero attached hydrogens (tertiary/aromatic N) is 5. The van der Waals surface area contributed by atoms with E-state index in [2.05, 4.69) is 20.4 Å². The Kier molecular flexibility index (Phi) is 13.2. The summed E-state index contributed by atoms with van der Waals surface area (Å²) >= 11 is 8.61. The van der Waals surface area contributed by atoms with E-state index >= 15 is 0 Å². The first-order chi connectivity index (χ1) is 30.6. The first-order valence-corrected chi connectivity index (χ1v) is 21.2. The maximum absolute atomic E-state index is 14.2. The lowest BCUT2D eigenvalue weighted by molar-refractivity contribution is -0.192. The Hall–Kier alpha value is -7.03. The Morgan fingerprint density at radius 1 is 0.922 bits per heavy atom. The highest BCUT2D eigenvalue weighted by Crippen LogP contribution is 2.43. The average molecular weight is 932 g/mol. The number of nitrogens with one attached hydrogen (secondary N) is 1. The van der Waals surface area contributed by atoms with Crippen LogP contribution in [0.5, 0.6) is 0 Å². The van der Waals surface area contributed by atoms with E-state index in [1.54, 1.807) is 17.5 Å². The second-order valence-corrected chi connectivity index (χ2v) is 16.3. The van der Waals surface area contributed by atoms with Gasteiger partial charge in [-0.25, -0.2) is 19.6 Å². The van der Waals surface area contributed by atoms with Gasteiger partial charge in [-0.15, -0.1) is 23.1 Å². The number of benzene rings is 3. The number of hydrogen-bond acceptors (Lipinski definition) is 12. The molecule has 21 heteroatoms. The fourth-order valence-electron chi connectivity index (χ4n) is 7.12. The fraction of sp³-hybridized carbons (Fsp3) is 0.163. The summed E-state index contributed by atoms with van der Waals surface area (Å²) in [6.45, 7) is 0.333. The number of halogens is 4. The molecular formula is C43H33ClF3N7O8S2. The molecule has 0 saturated carbocycles. The molecular weight excluding hydrogens is 899 g/mol. The van der Waals surface area contributed by atoms with Gasteiger partial charge in [-0.2, -0.15) is 13.2 Å². The van der Waals surface area contributed by atoms with Gasteiger partial charge in [0.15, 0.2) is 16.0 Å². The number of carboxylic acid groups (broad SMARTS) is 2. The minimum Gasteiger partial charge on any atom is -0.477 e. The summed E-state index contributed by atoms with van der Waals surface area (Å²) in [4.78, 5) is 80.6. The third kappa shape index (κ3) is 9.06. The lowest BCUT2D eigenvalue weighted by Gasteiger charge is -2.49. The summed E-state index contributed by atoms with van der Waals surface area (Å²) < 4.78 is 31.7. The molecule has 8 rings (SSSR count). The summed E-state index contributed by atoms with van der Waals surface area (Å²) in [5.41, 5.74) is 7.65. The zero-order valence-corrected chi connectivity index (χ0v) is 35.2. The minimum absolute atomic E-state index is 0.126. The predicted molar refractivity (Wildman–Crippen MR) is 231 cm³/mol. The molecule has 0 unspecified atom stereocenters. The molecule has 328 valence electrons. The molecule has 0 bridgehead atoms. The van der Waals surface area contributed by atoms with Crippen molar-refractivity contribution in [2.75, 3.05) is 22.9 Å². The number of nitrogens with two attached hydrogens (primary N) is 1. The lowest BCUT2D eigenvalue weighted by Crippen LogP contribution is -2.71. The number of anilines is 2. The van der Waals surface area contributed by atoms with Gasteiger partial charge in [0.2, 0.25) is 5.60 Å². The second-order valence-electron chi connectivity index (χ2n) is 13.9. The van der Waals surface area contributed by atoms with E-state index < -0.39 is 46.9 Å². The van der Waals surface area contributed by atoms with Gasteiger partial charge in [0, 0.05) is 46.1 Å². The van der Waals surface area contributed by atoms with Crippen LogP contribution in [0, 0.1) is 0 Å². The number of hydrogen-bond donors (Lipinski definition) is 4. The molecule has 64 heavy (non-hydrogen) atoms. The summed E-state index contributed by atoms with van der Waals surface area (Å²) in [7, 11) is 0. The van der Waals surface area contributed by atoms with Crippen LogP contribution in [0.25, 0.3) is 0 Å². The maximum Gasteiger partial charge on any atom is 0.490 e. The van der Waals surface area contributed by atoms with Gasteiger partial charge in [-0.3, -0.25) is 19.3 Å². The van der Waals surface area contributed by atoms with E-state index in [0.29, 0.717) is 29.8 Å². The number of oxime groups is 1. The van der Waals surface area contributed by atoms with Crippen molar-refractivity contribution in [2.45, 2.75) is 29.6 Å². The molecule has 0 radical (unpaired) electrons. The smallest absolute Gasteiger partial charge is 0.477 e. The number of rotatable bonds is 11. The molecule has 2 aromatic heterocycles. The van der Waals surface area contributed by atoms with E-state index in [-0.39, 0.29) is 39.0 Å². The number of β-lactam (4-membered cyclic amide) rings is 1. The first kappa shape index (κ1) is 45.0. The largest absolute Gasteiger partial charge is 0.490 e. The number of fused-ring (bicyclic) bond motifs is 1. The van der Waals surface area contributed by atoms with Gasteiger partial charge in [0.05, 0.1) is 5.69 Å². The third-order valence-corrected chi connectivity index (χ3v) is 12.3. The van der Waals surface area contributed by atoms with Gasteiger partial charge in [0.1, 0.15) is 22.8 Å². The van der Waals surface area contributed by atoms with Crippen molar-refractivity contribution in [3.05, 3.63) is 165 Å². The second kappa shape index (κ2) is 18.8. The number of pyridine rings is 1. The highest BCUT2D eigenvalue weighted by atomic mass is 35.5. The Morgan fingerprint density at radius 3 is 2.00 bits per heavy atom. The molecule has 5 N–H and O–H groups in total. The summed E-state index contributed by atoms with van der Waals surface area (Å²) in [6, 6.07) is 30.7. The van der Waals surface area contributed by atoms with Crippen LogP contribution in [0.1, 0.15) is 28.8 Å². The molecule has 3 aliphatic rings. The average Bonchev–Trinajstić information content (AvgIpc) is 3.88. The molecule has 5 aromatic rings. The van der Waals surface area contributed by atoms with Crippen molar-refractivity contribution in [1.29, 1.82) is 0 Å². The first-order valence-electron chi connectivity index (χ1n) is 18.9. The van der Waals surface area contributed by atoms with Crippen LogP contribution in [0.15, 0.2) is 143 Å². The normalized spacial score (nSPS) is 18.2. The van der Waals surface area contributed by atoms with Crippen molar-refractivity contribution in [3.8, 4) is 0 Å². The molecule has 0 spiro atoms. The molecule has 0 aliphatic carbocycles. The molecule has 5 heterocycles. The molecule has 3 aromatic carbocycles. The lowest BCUT2D eigenvalue weighted by atomic mass is 9.80. The number of allylic oxidation sites excluding steroid dienone is 1. The number of aliphatic carboxylic acids is 2. The van der Waals surface area contributed by atoms with E-state index in [1.165, 1.54) is 28.9 Å². The van der Waals surface area contributed by atoms with Crippen LogP contribution in [-0.2, 0) is 34.4 Å². The van der Waals surface area contributed by atoms with Crippen LogP contribution >= 0.6 is 34.7 Å². The number of nitrogen functional groups attached to an aromatic ring is 1. The van der Waals surface area contributed by atoms with Crippen molar-refractivity contribution in [3.63, 3.8) is 0 Å². The van der Waals surface area contributed by atoms with Crippen LogP contribution < -0.4 is 16.0 Å². The zero-order valence-electron chi connectivity index (χ0n) is 32.8. The summed E-state index contributed by atoms with van der Waals surface area (Å²) in [6.07, 6.45) is -1.69. The number of carboxylic acids is 2. The van der Waals surface area contributed by atoms with Gasteiger partial charge in [0.25, 0.3) is 17.7 Å². The summed E-state index contributed by atoms with van der Waals surface area (Å²) in [5, 5.41) is 25.9. The number of carbonyl (C=O) groups is 5. The Balaban J connectivity index is 0.000000809. The van der Waals surface area contributed by atoms with Crippen LogP contribution in [0.2, 0.25) is 5.15 Å². The van der Waals surface area contributed by atoms with E-state index in [4.69, 9.17) is 32.1 Å². The fourth-order valence-corrected chi connectivity index (χ4v) is 9.20. The standard InChI is InChI=1S/C41H32ClN7O6S2.C2HF3O2/c42-34-30(17-10-19-44-34)48-20-18-24(36(48)51)21-25-22-56-38-32(37(52)49(38)33(25)39(53)54)46-35(50)31(29-23-57-40(43)45-29)47-55-41(26-11-4-1-5-12-26,27-13-6-2-7-14-27)28-15-8-3-9-16-28;3-2(4,5)1(6)7/h1-17,19,21,23,32,38H,18,20,22H2,(H2,43,45)(H,46,50)(H,53,54);(H,6,7)/b24-21+,47-31-;/t32-,38-;/m1./s1. The number of alkyl halides is 3. The Labute approximate surface area is 374 Å². The zero-order chi connectivity index (χ0) is 45.8. The third-order valence-electron chi connectivity index (χ3n) is 10.0. The minimum atomic E-state index is -5.08. The Morgan fingerprint density at radius 2 is 1.50 bits per heavy atom. The quantitative estimate of drug-likeness (QED) is 0.0290. The maximum atomic E-state index is 14.2. The predicted octanol–water partition coefficient (Wildman–Crippen LogP) is 6.22. The molecule has 3 aliphatic heterocycles. The van der Waals surface area contributed by atoms with Gasteiger partial charge in [-0.1, -0.05) is 108 Å². The molecule has 2 fully saturated rings. The van der Waals surface area contributed by atoms with Crippen molar-refractivity contribution >= 4 is 80.9 Å². The van der Waals surface area contributed by atoms with Crippen LogP contribution in [0.4, 0.5) is 24.0 Å². The topological polar surface area (TPSA) is 218 Å². The monoisotopic (exact) mass is 931 g/mol. The van der Waals surface area contributed by atoms with Gasteiger partial charge < -0.3 is 31.0 Å². The van der Waals surface area contributed by atoms with Crippen molar-refractivity contribution in [1.82, 2.24) is 20.2 Å².